The van der Waals surface area contributed by atoms with Crippen molar-refractivity contribution in [3.8, 4) is 0 Å². The van der Waals surface area contributed by atoms with Gasteiger partial charge in [-0.15, -0.1) is 0 Å². The van der Waals surface area contributed by atoms with E-state index in [2.05, 4.69) is 33.5 Å². The van der Waals surface area contributed by atoms with E-state index in [1.807, 2.05) is 0 Å². The first-order valence-corrected chi connectivity index (χ1v) is 7.30. The van der Waals surface area contributed by atoms with Crippen molar-refractivity contribution in [3.05, 3.63) is 5.82 Å². The van der Waals surface area contributed by atoms with E-state index in [9.17, 15) is 0 Å². The smallest absolute Gasteiger partial charge is 0.202 e. The van der Waals surface area contributed by atoms with Crippen LogP contribution < -0.4 is 5.32 Å². The van der Waals surface area contributed by atoms with E-state index in [1.165, 1.54) is 43.8 Å². The van der Waals surface area contributed by atoms with Crippen LogP contribution >= 0.6 is 11.5 Å². The molecule has 0 aromatic carbocycles. The zero-order chi connectivity index (χ0) is 11.8. The second kappa shape index (κ2) is 4.53. The molecule has 2 unspecified atom stereocenters. The highest BCUT2D eigenvalue weighted by atomic mass is 32.1. The molecule has 2 aliphatic rings. The van der Waals surface area contributed by atoms with Crippen LogP contribution in [0.1, 0.15) is 44.3 Å². The summed E-state index contributed by atoms with van der Waals surface area (Å²) in [4.78, 5) is 7.02. The Morgan fingerprint density at radius 1 is 1.35 bits per heavy atom. The molecule has 3 rings (SSSR count). The maximum absolute atomic E-state index is 4.59. The molecule has 2 atom stereocenters. The first-order chi connectivity index (χ1) is 8.22. The molecule has 1 aliphatic carbocycles. The zero-order valence-electron chi connectivity index (χ0n) is 10.5. The van der Waals surface area contributed by atoms with Crippen molar-refractivity contribution in [1.82, 2.24) is 14.3 Å². The van der Waals surface area contributed by atoms with Crippen LogP contribution in [-0.4, -0.2) is 39.9 Å². The molecule has 1 aliphatic heterocycles. The van der Waals surface area contributed by atoms with Crippen LogP contribution in [0.3, 0.4) is 0 Å². The lowest BCUT2D eigenvalue weighted by Crippen LogP contribution is -2.42. The summed E-state index contributed by atoms with van der Waals surface area (Å²) in [5.41, 5.74) is 0. The Morgan fingerprint density at radius 3 is 2.88 bits per heavy atom. The van der Waals surface area contributed by atoms with Gasteiger partial charge in [0, 0.05) is 36.1 Å². The molecular formula is C12H20N4S. The fourth-order valence-electron chi connectivity index (χ4n) is 2.40. The summed E-state index contributed by atoms with van der Waals surface area (Å²) >= 11 is 1.53. The lowest BCUT2D eigenvalue weighted by Gasteiger charge is -2.35. The Hall–Kier alpha value is -0.680. The van der Waals surface area contributed by atoms with Gasteiger partial charge in [-0.2, -0.15) is 4.37 Å². The number of anilines is 1. The third kappa shape index (κ3) is 2.60. The van der Waals surface area contributed by atoms with Crippen LogP contribution in [0.15, 0.2) is 0 Å². The van der Waals surface area contributed by atoms with Gasteiger partial charge in [0.25, 0.3) is 0 Å². The van der Waals surface area contributed by atoms with Crippen LogP contribution in [0.2, 0.25) is 0 Å². The van der Waals surface area contributed by atoms with Gasteiger partial charge in [0.2, 0.25) is 5.13 Å². The van der Waals surface area contributed by atoms with Crippen molar-refractivity contribution >= 4 is 16.7 Å². The maximum Gasteiger partial charge on any atom is 0.202 e. The van der Waals surface area contributed by atoms with Gasteiger partial charge in [0.1, 0.15) is 5.82 Å². The van der Waals surface area contributed by atoms with Crippen molar-refractivity contribution in [3.63, 3.8) is 0 Å². The Kier molecular flexibility index (Phi) is 3.04. The number of hydrogen-bond acceptors (Lipinski definition) is 5. The second-order valence-electron chi connectivity index (χ2n) is 5.43. The zero-order valence-corrected chi connectivity index (χ0v) is 11.3. The van der Waals surface area contributed by atoms with E-state index in [0.29, 0.717) is 18.0 Å². The highest BCUT2D eigenvalue weighted by molar-refractivity contribution is 7.09. The van der Waals surface area contributed by atoms with Gasteiger partial charge >= 0.3 is 0 Å². The topological polar surface area (TPSA) is 41.1 Å². The van der Waals surface area contributed by atoms with Crippen LogP contribution in [0.4, 0.5) is 5.13 Å². The molecule has 0 spiro atoms. The Labute approximate surface area is 107 Å². The summed E-state index contributed by atoms with van der Waals surface area (Å²) in [6.07, 6.45) is 4.97. The molecule has 1 saturated carbocycles. The number of nitrogens with one attached hydrogen (secondary N) is 1. The first-order valence-electron chi connectivity index (χ1n) is 6.53. The van der Waals surface area contributed by atoms with E-state index in [-0.39, 0.29) is 0 Å². The molecule has 17 heavy (non-hydrogen) atoms. The normalized spacial score (nSPS) is 30.5. The standard InChI is InChI=1S/C12H20N4S/c1-8-7-10(5-6-16(8)2)13-12-14-11(15-17-12)9-3-4-9/h8-10H,3-7H2,1-2H3,(H,13,14,15). The minimum absolute atomic E-state index is 0.571. The lowest BCUT2D eigenvalue weighted by atomic mass is 9.99. The minimum atomic E-state index is 0.571. The molecule has 4 nitrogen and oxygen atoms in total. The van der Waals surface area contributed by atoms with Crippen LogP contribution in [0.25, 0.3) is 0 Å². The Bertz CT molecular complexity index is 388. The molecular weight excluding hydrogens is 232 g/mol. The molecule has 0 bridgehead atoms. The molecule has 1 saturated heterocycles. The van der Waals surface area contributed by atoms with Gasteiger partial charge in [-0.25, -0.2) is 4.98 Å². The molecule has 94 valence electrons. The van der Waals surface area contributed by atoms with Gasteiger partial charge in [-0.05, 0) is 39.7 Å². The SMILES string of the molecule is CC1CC(Nc2nc(C3CC3)ns2)CCN1C. The van der Waals surface area contributed by atoms with Crippen LogP contribution in [0.5, 0.6) is 0 Å². The summed E-state index contributed by atoms with van der Waals surface area (Å²) in [6, 6.07) is 1.23. The van der Waals surface area contributed by atoms with E-state index < -0.39 is 0 Å². The number of rotatable bonds is 3. The predicted octanol–water partition coefficient (Wildman–Crippen LogP) is 2.31. The minimum Gasteiger partial charge on any atom is -0.357 e. The number of likely N-dealkylation sites (tertiary alicyclic amines) is 1. The predicted molar refractivity (Wildman–Crippen MR) is 70.6 cm³/mol. The third-order valence-electron chi connectivity index (χ3n) is 3.92. The third-order valence-corrected chi connectivity index (χ3v) is 4.58. The molecule has 0 radical (unpaired) electrons. The summed E-state index contributed by atoms with van der Waals surface area (Å²) in [7, 11) is 2.21. The first kappa shape index (κ1) is 11.4. The summed E-state index contributed by atoms with van der Waals surface area (Å²) in [6.45, 7) is 3.47. The van der Waals surface area contributed by atoms with Crippen molar-refractivity contribution in [2.75, 3.05) is 18.9 Å². The van der Waals surface area contributed by atoms with Gasteiger partial charge in [0.05, 0.1) is 0 Å². The lowest BCUT2D eigenvalue weighted by molar-refractivity contribution is 0.190. The van der Waals surface area contributed by atoms with Gasteiger partial charge in [-0.1, -0.05) is 0 Å². The number of hydrogen-bond donors (Lipinski definition) is 1. The quantitative estimate of drug-likeness (QED) is 0.896. The van der Waals surface area contributed by atoms with E-state index >= 15 is 0 Å². The molecule has 1 N–H and O–H groups in total. The number of nitrogens with zero attached hydrogens (tertiary/aromatic N) is 3. The summed E-state index contributed by atoms with van der Waals surface area (Å²) < 4.78 is 4.44. The molecule has 2 fully saturated rings. The average Bonchev–Trinajstić information content (AvgIpc) is 3.06. The van der Waals surface area contributed by atoms with Crippen molar-refractivity contribution in [1.29, 1.82) is 0 Å². The second-order valence-corrected chi connectivity index (χ2v) is 6.18. The van der Waals surface area contributed by atoms with Crippen molar-refractivity contribution < 1.29 is 0 Å². The monoisotopic (exact) mass is 252 g/mol. The number of aromatic nitrogens is 2. The van der Waals surface area contributed by atoms with E-state index in [0.717, 1.165) is 11.0 Å². The summed E-state index contributed by atoms with van der Waals surface area (Å²) in [5, 5.41) is 4.58. The van der Waals surface area contributed by atoms with Crippen LogP contribution in [0, 0.1) is 0 Å². The Morgan fingerprint density at radius 2 is 2.18 bits per heavy atom. The van der Waals surface area contributed by atoms with E-state index in [4.69, 9.17) is 0 Å². The van der Waals surface area contributed by atoms with E-state index in [1.54, 1.807) is 0 Å². The van der Waals surface area contributed by atoms with Gasteiger partial charge in [-0.3, -0.25) is 0 Å². The fraction of sp³-hybridized carbons (Fsp3) is 0.833. The molecule has 2 heterocycles. The van der Waals surface area contributed by atoms with Gasteiger partial charge < -0.3 is 10.2 Å². The van der Waals surface area contributed by atoms with Gasteiger partial charge in [0.15, 0.2) is 0 Å². The van der Waals surface area contributed by atoms with Crippen molar-refractivity contribution in [2.24, 2.45) is 0 Å². The molecule has 1 aromatic rings. The molecule has 5 heteroatoms. The van der Waals surface area contributed by atoms with Crippen molar-refractivity contribution in [2.45, 2.75) is 50.6 Å². The maximum atomic E-state index is 4.59. The van der Waals surface area contributed by atoms with Crippen LogP contribution in [-0.2, 0) is 0 Å². The molecule has 1 aromatic heterocycles. The fourth-order valence-corrected chi connectivity index (χ4v) is 3.12. The number of piperidine rings is 1. The largest absolute Gasteiger partial charge is 0.357 e. The highest BCUT2D eigenvalue weighted by Gasteiger charge is 2.28. The highest BCUT2D eigenvalue weighted by Crippen LogP contribution is 2.39. The Balaban J connectivity index is 1.58. The molecule has 0 amide bonds. The summed E-state index contributed by atoms with van der Waals surface area (Å²) in [5.74, 6) is 1.73. The average molecular weight is 252 g/mol.